The molecule has 3 fully saturated rings. The lowest BCUT2D eigenvalue weighted by molar-refractivity contribution is -0.255. The van der Waals surface area contributed by atoms with Crippen molar-refractivity contribution in [1.29, 1.82) is 0 Å². The fourth-order valence-electron chi connectivity index (χ4n) is 7.99. The molecule has 4 aromatic rings. The summed E-state index contributed by atoms with van der Waals surface area (Å²) in [5.41, 5.74) is 13.1. The molecular weight excluding hydrogens is 721 g/mol. The number of hydrogen-bond acceptors (Lipinski definition) is 9. The first kappa shape index (κ1) is 40.6. The molecule has 3 atom stereocenters. The number of anilines is 2. The van der Waals surface area contributed by atoms with Gasteiger partial charge >= 0.3 is 0 Å². The minimum absolute atomic E-state index is 0.00282. The van der Waals surface area contributed by atoms with Crippen LogP contribution >= 0.6 is 0 Å². The van der Waals surface area contributed by atoms with Crippen LogP contribution in [0.1, 0.15) is 92.4 Å². The molecule has 302 valence electrons. The molecule has 11 heteroatoms. The van der Waals surface area contributed by atoms with E-state index in [1.165, 1.54) is 0 Å². The van der Waals surface area contributed by atoms with Gasteiger partial charge in [-0.25, -0.2) is 0 Å². The first-order chi connectivity index (χ1) is 27.9. The Balaban J connectivity index is 0.909. The van der Waals surface area contributed by atoms with Crippen molar-refractivity contribution in [2.45, 2.75) is 95.2 Å². The van der Waals surface area contributed by atoms with Crippen molar-refractivity contribution in [3.63, 3.8) is 0 Å². The molecule has 0 aliphatic carbocycles. The molecule has 7 rings (SSSR count). The fourth-order valence-corrected chi connectivity index (χ4v) is 7.99. The van der Waals surface area contributed by atoms with Crippen molar-refractivity contribution in [2.75, 3.05) is 43.9 Å². The van der Waals surface area contributed by atoms with E-state index in [0.29, 0.717) is 44.0 Å². The Labute approximate surface area is 335 Å². The smallest absolute Gasteiger partial charge is 0.224 e. The number of unbranched alkanes of at least 4 members (excludes halogenated alkanes) is 3. The maximum Gasteiger partial charge on any atom is 0.224 e. The van der Waals surface area contributed by atoms with Crippen LogP contribution < -0.4 is 16.4 Å². The van der Waals surface area contributed by atoms with Gasteiger partial charge in [-0.2, -0.15) is 0 Å². The summed E-state index contributed by atoms with van der Waals surface area (Å²) in [6, 6.07) is 31.7. The molecule has 1 spiro atoms. The number of rotatable bonds is 16. The normalized spacial score (nSPS) is 20.7. The van der Waals surface area contributed by atoms with Crippen LogP contribution in [0.2, 0.25) is 0 Å². The van der Waals surface area contributed by atoms with Crippen molar-refractivity contribution in [2.24, 2.45) is 0 Å². The Morgan fingerprint density at radius 3 is 2.16 bits per heavy atom. The van der Waals surface area contributed by atoms with E-state index in [2.05, 4.69) is 51.9 Å². The van der Waals surface area contributed by atoms with E-state index >= 15 is 0 Å². The number of aliphatic hydroxyl groups is 1. The molecular formula is C46H56N4O7. The maximum atomic E-state index is 12.8. The summed E-state index contributed by atoms with van der Waals surface area (Å²) in [4.78, 5) is 27.5. The van der Waals surface area contributed by atoms with Crippen LogP contribution in [0.15, 0.2) is 97.1 Å². The topological polar surface area (TPSA) is 145 Å². The molecule has 0 saturated carbocycles. The summed E-state index contributed by atoms with van der Waals surface area (Å²) in [6.45, 7) is 4.35. The molecule has 0 bridgehead atoms. The molecule has 57 heavy (non-hydrogen) atoms. The molecule has 3 saturated heterocycles. The van der Waals surface area contributed by atoms with Gasteiger partial charge in [-0.1, -0.05) is 97.8 Å². The number of piperidine rings is 1. The van der Waals surface area contributed by atoms with E-state index in [-0.39, 0.29) is 30.6 Å². The van der Waals surface area contributed by atoms with Gasteiger partial charge in [0.25, 0.3) is 0 Å². The van der Waals surface area contributed by atoms with Crippen LogP contribution in [-0.2, 0) is 41.7 Å². The quantitative estimate of drug-likeness (QED) is 0.0676. The average Bonchev–Trinajstić information content (AvgIpc) is 3.71. The third-order valence-electron chi connectivity index (χ3n) is 11.3. The number of likely N-dealkylation sites (tertiary alicyclic amines) is 1. The molecule has 3 heterocycles. The second kappa shape index (κ2) is 19.7. The third kappa shape index (κ3) is 11.1. The van der Waals surface area contributed by atoms with Crippen LogP contribution in [0.5, 0.6) is 0 Å². The number of para-hydroxylation sites is 2. The molecule has 4 aromatic carbocycles. The van der Waals surface area contributed by atoms with E-state index in [0.717, 1.165) is 98.0 Å². The molecule has 2 amide bonds. The fraction of sp³-hybridized carbons (Fsp3) is 0.435. The first-order valence-corrected chi connectivity index (χ1v) is 20.5. The number of nitrogens with zero attached hydrogens (tertiary/aromatic N) is 1. The van der Waals surface area contributed by atoms with Crippen LogP contribution in [0.3, 0.4) is 0 Å². The third-order valence-corrected chi connectivity index (χ3v) is 11.3. The highest BCUT2D eigenvalue weighted by Gasteiger charge is 2.41. The van der Waals surface area contributed by atoms with E-state index in [1.807, 2.05) is 48.5 Å². The Bertz CT molecular complexity index is 1900. The molecule has 0 aromatic heterocycles. The standard InChI is InChI=1S/C46H56N4O7/c47-40-11-7-8-12-41(40)49-44(53)14-4-2-1-3-13-43(52)48-30-37-9-5-6-10-39(37)34-19-21-36(22-20-34)45-56-38(29-42(57-45)35-17-15-33(32-51)16-18-35)31-50-25-23-46(24-26-50)54-27-28-55-46/h5-12,15-22,38,42,45,51H,1-4,13-14,23-32,47H2,(H,48,52)(H,49,53)/t38-,42+,45+/m1/s1. The number of benzene rings is 4. The van der Waals surface area contributed by atoms with Crippen molar-refractivity contribution < 1.29 is 33.6 Å². The number of amides is 2. The number of aliphatic hydroxyl groups excluding tert-OH is 1. The lowest BCUT2D eigenvalue weighted by Gasteiger charge is -2.41. The summed E-state index contributed by atoms with van der Waals surface area (Å²) in [6.07, 6.45) is 5.86. The monoisotopic (exact) mass is 776 g/mol. The molecule has 3 aliphatic rings. The zero-order valence-corrected chi connectivity index (χ0v) is 32.7. The van der Waals surface area contributed by atoms with Gasteiger partial charge in [0, 0.05) is 63.8 Å². The minimum atomic E-state index is -0.543. The number of ether oxygens (including phenoxy) is 4. The van der Waals surface area contributed by atoms with Gasteiger partial charge in [0.1, 0.15) is 0 Å². The summed E-state index contributed by atoms with van der Waals surface area (Å²) >= 11 is 0. The summed E-state index contributed by atoms with van der Waals surface area (Å²) in [5, 5.41) is 15.6. The summed E-state index contributed by atoms with van der Waals surface area (Å²) < 4.78 is 25.2. The van der Waals surface area contributed by atoms with Crippen molar-refractivity contribution in [3.05, 3.63) is 119 Å². The highest BCUT2D eigenvalue weighted by atomic mass is 16.7. The van der Waals surface area contributed by atoms with Gasteiger partial charge in [0.15, 0.2) is 12.1 Å². The second-order valence-corrected chi connectivity index (χ2v) is 15.4. The van der Waals surface area contributed by atoms with Crippen LogP contribution in [0.4, 0.5) is 11.4 Å². The molecule has 3 aliphatic heterocycles. The van der Waals surface area contributed by atoms with Gasteiger partial charge in [-0.15, -0.1) is 0 Å². The largest absolute Gasteiger partial charge is 0.397 e. The summed E-state index contributed by atoms with van der Waals surface area (Å²) in [5.74, 6) is -0.448. The van der Waals surface area contributed by atoms with E-state index in [1.54, 1.807) is 12.1 Å². The number of carbonyl (C=O) groups excluding carboxylic acids is 2. The number of nitrogens with two attached hydrogens (primary N) is 1. The molecule has 0 radical (unpaired) electrons. The number of carbonyl (C=O) groups is 2. The van der Waals surface area contributed by atoms with Gasteiger partial charge in [0.2, 0.25) is 11.8 Å². The van der Waals surface area contributed by atoms with Crippen LogP contribution in [0, 0.1) is 0 Å². The number of hydrogen-bond donors (Lipinski definition) is 4. The van der Waals surface area contributed by atoms with Gasteiger partial charge < -0.3 is 45.3 Å². The minimum Gasteiger partial charge on any atom is -0.397 e. The van der Waals surface area contributed by atoms with E-state index in [4.69, 9.17) is 24.7 Å². The van der Waals surface area contributed by atoms with Gasteiger partial charge in [-0.3, -0.25) is 9.59 Å². The molecule has 11 nitrogen and oxygen atoms in total. The predicted octanol–water partition coefficient (Wildman–Crippen LogP) is 7.41. The Morgan fingerprint density at radius 1 is 0.772 bits per heavy atom. The second-order valence-electron chi connectivity index (χ2n) is 15.4. The van der Waals surface area contributed by atoms with E-state index in [9.17, 15) is 14.7 Å². The number of nitrogens with one attached hydrogen (secondary N) is 2. The highest BCUT2D eigenvalue weighted by molar-refractivity contribution is 5.93. The van der Waals surface area contributed by atoms with Crippen LogP contribution in [0.25, 0.3) is 11.1 Å². The van der Waals surface area contributed by atoms with Gasteiger partial charge in [0.05, 0.1) is 43.4 Å². The zero-order chi connectivity index (χ0) is 39.5. The van der Waals surface area contributed by atoms with Crippen LogP contribution in [-0.4, -0.2) is 66.6 Å². The molecule has 0 unspecified atom stereocenters. The average molecular weight is 777 g/mol. The first-order valence-electron chi connectivity index (χ1n) is 20.5. The Morgan fingerprint density at radius 2 is 1.44 bits per heavy atom. The maximum absolute atomic E-state index is 12.8. The predicted molar refractivity (Wildman–Crippen MR) is 220 cm³/mol. The van der Waals surface area contributed by atoms with E-state index < -0.39 is 12.1 Å². The van der Waals surface area contributed by atoms with Crippen molar-refractivity contribution in [3.8, 4) is 11.1 Å². The van der Waals surface area contributed by atoms with Gasteiger partial charge in [-0.05, 0) is 52.8 Å². The Hall–Kier alpha value is -4.62. The zero-order valence-electron chi connectivity index (χ0n) is 32.7. The lowest BCUT2D eigenvalue weighted by Crippen LogP contribution is -2.48. The van der Waals surface area contributed by atoms with Crippen molar-refractivity contribution in [1.82, 2.24) is 10.2 Å². The lowest BCUT2D eigenvalue weighted by atomic mass is 9.97. The van der Waals surface area contributed by atoms with Crippen molar-refractivity contribution >= 4 is 23.2 Å². The number of nitrogen functional groups attached to an aromatic ring is 1. The SMILES string of the molecule is Nc1ccccc1NC(=O)CCCCCCC(=O)NCc1ccccc1-c1ccc([C@H]2O[C@@H](CN3CCC4(CC3)OCCO4)C[C@@H](c3ccc(CO)cc3)O2)cc1. The highest BCUT2D eigenvalue weighted by Crippen LogP contribution is 2.40. The Kier molecular flexibility index (Phi) is 14.0. The molecule has 5 N–H and O–H groups in total. The summed E-state index contributed by atoms with van der Waals surface area (Å²) in [7, 11) is 0.